The van der Waals surface area contributed by atoms with Gasteiger partial charge in [0.05, 0.1) is 16.9 Å². The van der Waals surface area contributed by atoms with Crippen LogP contribution in [-0.2, 0) is 7.05 Å². The molecule has 0 unspecified atom stereocenters. The molecule has 1 aliphatic rings. The largest absolute Gasteiger partial charge is 0.398 e. The molecule has 28 heavy (non-hydrogen) atoms. The van der Waals surface area contributed by atoms with Crippen LogP contribution in [0.1, 0.15) is 11.3 Å². The highest BCUT2D eigenvalue weighted by molar-refractivity contribution is 6.04. The van der Waals surface area contributed by atoms with E-state index in [-0.39, 0.29) is 5.84 Å². The summed E-state index contributed by atoms with van der Waals surface area (Å²) in [5.74, 6) is 0.592. The SMILES string of the molecule is Cc1nc(N2CCNCC2)cc(N)c1C(N)=Nc1cc(F)c2nn(C)cc2c1. The molecule has 0 spiro atoms. The number of anilines is 2. The van der Waals surface area contributed by atoms with Crippen molar-refractivity contribution < 1.29 is 4.39 Å². The minimum absolute atomic E-state index is 0.206. The van der Waals surface area contributed by atoms with Gasteiger partial charge in [-0.15, -0.1) is 0 Å². The molecule has 0 aliphatic carbocycles. The summed E-state index contributed by atoms with van der Waals surface area (Å²) >= 11 is 0. The van der Waals surface area contributed by atoms with E-state index in [0.29, 0.717) is 33.5 Å². The van der Waals surface area contributed by atoms with Gasteiger partial charge >= 0.3 is 0 Å². The standard InChI is InChI=1S/C19H23FN8/c1-11-17(15(21)9-16(24-11)28-5-3-23-4-6-28)19(22)25-13-7-12-10-27(2)26-18(12)14(20)8-13/h7-10,23H,3-6H2,1-2H3,(H2,21,24)(H2,22,25). The van der Waals surface area contributed by atoms with Crippen LogP contribution >= 0.6 is 0 Å². The van der Waals surface area contributed by atoms with Crippen LogP contribution in [0.2, 0.25) is 0 Å². The van der Waals surface area contributed by atoms with E-state index in [2.05, 4.69) is 25.3 Å². The Morgan fingerprint density at radius 1 is 1.25 bits per heavy atom. The van der Waals surface area contributed by atoms with Crippen molar-refractivity contribution in [2.24, 2.45) is 17.8 Å². The highest BCUT2D eigenvalue weighted by Crippen LogP contribution is 2.26. The first-order valence-electron chi connectivity index (χ1n) is 9.12. The van der Waals surface area contributed by atoms with Crippen molar-refractivity contribution in [3.05, 3.63) is 41.5 Å². The Bertz CT molecular complexity index is 1040. The summed E-state index contributed by atoms with van der Waals surface area (Å²) in [6.45, 7) is 5.42. The first-order chi connectivity index (χ1) is 13.4. The number of halogens is 1. The van der Waals surface area contributed by atoms with Gasteiger partial charge in [0.25, 0.3) is 0 Å². The van der Waals surface area contributed by atoms with Gasteiger partial charge in [-0.2, -0.15) is 5.10 Å². The highest BCUT2D eigenvalue weighted by Gasteiger charge is 2.17. The molecule has 3 heterocycles. The van der Waals surface area contributed by atoms with Crippen molar-refractivity contribution in [3.8, 4) is 0 Å². The van der Waals surface area contributed by atoms with Crippen LogP contribution in [-0.4, -0.2) is 46.8 Å². The molecule has 9 heteroatoms. The van der Waals surface area contributed by atoms with Crippen LogP contribution in [0, 0.1) is 12.7 Å². The molecule has 0 amide bonds. The molecule has 0 radical (unpaired) electrons. The van der Waals surface area contributed by atoms with Crippen LogP contribution in [0.4, 0.5) is 21.6 Å². The highest BCUT2D eigenvalue weighted by atomic mass is 19.1. The maximum absolute atomic E-state index is 14.3. The third kappa shape index (κ3) is 3.36. The van der Waals surface area contributed by atoms with Gasteiger partial charge in [-0.3, -0.25) is 4.68 Å². The molecule has 4 rings (SSSR count). The van der Waals surface area contributed by atoms with Crippen LogP contribution in [0.5, 0.6) is 0 Å². The van der Waals surface area contributed by atoms with Gasteiger partial charge in [0.1, 0.15) is 17.2 Å². The maximum atomic E-state index is 14.3. The number of hydrogen-bond acceptors (Lipinski definition) is 6. The molecule has 5 N–H and O–H groups in total. The van der Waals surface area contributed by atoms with E-state index in [0.717, 1.165) is 32.0 Å². The molecule has 1 saturated heterocycles. The second-order valence-corrected chi connectivity index (χ2v) is 6.93. The number of nitrogens with two attached hydrogens (primary N) is 2. The van der Waals surface area contributed by atoms with Crippen molar-refractivity contribution in [3.63, 3.8) is 0 Å². The monoisotopic (exact) mass is 382 g/mol. The van der Waals surface area contributed by atoms with E-state index in [1.54, 1.807) is 24.0 Å². The number of nitrogens with zero attached hydrogens (tertiary/aromatic N) is 5. The fourth-order valence-corrected chi connectivity index (χ4v) is 3.53. The Hall–Kier alpha value is -3.20. The summed E-state index contributed by atoms with van der Waals surface area (Å²) in [5, 5.41) is 8.07. The van der Waals surface area contributed by atoms with Gasteiger partial charge in [0, 0.05) is 62.6 Å². The third-order valence-electron chi connectivity index (χ3n) is 4.83. The molecule has 2 aromatic heterocycles. The molecule has 1 aromatic carbocycles. The Morgan fingerprint density at radius 2 is 2.00 bits per heavy atom. The van der Waals surface area contributed by atoms with E-state index in [1.165, 1.54) is 6.07 Å². The average molecular weight is 382 g/mol. The number of nitrogens with one attached hydrogen (secondary N) is 1. The smallest absolute Gasteiger partial charge is 0.153 e. The summed E-state index contributed by atoms with van der Waals surface area (Å²) in [6, 6.07) is 4.88. The number of aryl methyl sites for hydroxylation is 2. The lowest BCUT2D eigenvalue weighted by atomic mass is 10.1. The molecule has 1 aliphatic heterocycles. The number of benzene rings is 1. The summed E-state index contributed by atoms with van der Waals surface area (Å²) in [7, 11) is 1.74. The third-order valence-corrected chi connectivity index (χ3v) is 4.83. The Morgan fingerprint density at radius 3 is 2.71 bits per heavy atom. The number of aromatic nitrogens is 3. The zero-order valence-electron chi connectivity index (χ0n) is 15.9. The minimum Gasteiger partial charge on any atom is -0.398 e. The number of amidine groups is 1. The second kappa shape index (κ2) is 7.08. The number of fused-ring (bicyclic) bond motifs is 1. The van der Waals surface area contributed by atoms with Crippen LogP contribution in [0.15, 0.2) is 29.4 Å². The molecule has 8 nitrogen and oxygen atoms in total. The predicted molar refractivity (Wildman–Crippen MR) is 110 cm³/mol. The molecule has 0 atom stereocenters. The van der Waals surface area contributed by atoms with Crippen molar-refractivity contribution in [1.29, 1.82) is 0 Å². The first kappa shape index (κ1) is 18.2. The quantitative estimate of drug-likeness (QED) is 0.467. The summed E-state index contributed by atoms with van der Waals surface area (Å²) in [4.78, 5) is 11.2. The maximum Gasteiger partial charge on any atom is 0.153 e. The lowest BCUT2D eigenvalue weighted by Gasteiger charge is -2.29. The van der Waals surface area contributed by atoms with Gasteiger partial charge in [-0.05, 0) is 13.0 Å². The summed E-state index contributed by atoms with van der Waals surface area (Å²) < 4.78 is 15.9. The molecule has 0 saturated carbocycles. The van der Waals surface area contributed by atoms with Crippen molar-refractivity contribution in [2.75, 3.05) is 36.8 Å². The molecule has 0 bridgehead atoms. The fraction of sp³-hybridized carbons (Fsp3) is 0.316. The summed E-state index contributed by atoms with van der Waals surface area (Å²) in [6.07, 6.45) is 1.73. The van der Waals surface area contributed by atoms with Gasteiger partial charge < -0.3 is 21.7 Å². The Balaban J connectivity index is 1.70. The van der Waals surface area contributed by atoms with E-state index in [9.17, 15) is 4.39 Å². The van der Waals surface area contributed by atoms with Gasteiger partial charge in [0.2, 0.25) is 0 Å². The second-order valence-electron chi connectivity index (χ2n) is 6.93. The van der Waals surface area contributed by atoms with Crippen molar-refractivity contribution in [2.45, 2.75) is 6.92 Å². The lowest BCUT2D eigenvalue weighted by Crippen LogP contribution is -2.44. The number of rotatable bonds is 3. The molecule has 146 valence electrons. The number of nitrogen functional groups attached to an aromatic ring is 1. The molecule has 1 fully saturated rings. The average Bonchev–Trinajstić information content (AvgIpc) is 3.02. The van der Waals surface area contributed by atoms with E-state index >= 15 is 0 Å². The topological polar surface area (TPSA) is 110 Å². The summed E-state index contributed by atoms with van der Waals surface area (Å²) in [5.41, 5.74) is 15.0. The number of pyridine rings is 1. The number of aliphatic imine (C=N–C) groups is 1. The number of hydrogen-bond donors (Lipinski definition) is 3. The Labute approximate surface area is 162 Å². The fourth-order valence-electron chi connectivity index (χ4n) is 3.53. The van der Waals surface area contributed by atoms with Crippen LogP contribution in [0.25, 0.3) is 10.9 Å². The van der Waals surface area contributed by atoms with E-state index in [1.807, 2.05) is 13.0 Å². The number of piperazine rings is 1. The molecule has 3 aromatic rings. The van der Waals surface area contributed by atoms with Gasteiger partial charge in [-0.25, -0.2) is 14.4 Å². The van der Waals surface area contributed by atoms with Crippen LogP contribution < -0.4 is 21.7 Å². The van der Waals surface area contributed by atoms with E-state index < -0.39 is 5.82 Å². The Kier molecular flexibility index (Phi) is 4.60. The van der Waals surface area contributed by atoms with Gasteiger partial charge in [0.15, 0.2) is 5.82 Å². The van der Waals surface area contributed by atoms with Crippen molar-refractivity contribution in [1.82, 2.24) is 20.1 Å². The predicted octanol–water partition coefficient (Wildman–Crippen LogP) is 1.44. The lowest BCUT2D eigenvalue weighted by molar-refractivity contribution is 0.584. The normalized spacial score (nSPS) is 15.4. The minimum atomic E-state index is -0.443. The van der Waals surface area contributed by atoms with Crippen LogP contribution in [0.3, 0.4) is 0 Å². The van der Waals surface area contributed by atoms with Crippen molar-refractivity contribution >= 4 is 33.9 Å². The molecular weight excluding hydrogens is 359 g/mol. The zero-order valence-corrected chi connectivity index (χ0v) is 15.9. The van der Waals surface area contributed by atoms with E-state index in [4.69, 9.17) is 11.5 Å². The first-order valence-corrected chi connectivity index (χ1v) is 9.12. The molecular formula is C19H23FN8. The zero-order chi connectivity index (χ0) is 19.8. The van der Waals surface area contributed by atoms with Gasteiger partial charge in [-0.1, -0.05) is 0 Å².